The van der Waals surface area contributed by atoms with Gasteiger partial charge in [-0.05, 0) is 32.3 Å². The van der Waals surface area contributed by atoms with Crippen molar-refractivity contribution in [3.05, 3.63) is 11.8 Å². The maximum absolute atomic E-state index is 11.9. The molecule has 1 aliphatic rings. The van der Waals surface area contributed by atoms with E-state index in [1.807, 2.05) is 20.8 Å². The van der Waals surface area contributed by atoms with E-state index in [1.165, 1.54) is 6.07 Å². The maximum Gasteiger partial charge on any atom is 0.410 e. The molecule has 2 rings (SSSR count). The number of likely N-dealkylation sites (tertiary alicyclic amines) is 1. The minimum absolute atomic E-state index is 0.0147. The van der Waals surface area contributed by atoms with Crippen LogP contribution in [0.15, 0.2) is 10.6 Å². The van der Waals surface area contributed by atoms with E-state index in [0.717, 1.165) is 6.42 Å². The van der Waals surface area contributed by atoms with Crippen LogP contribution in [0.2, 0.25) is 0 Å². The number of amides is 1. The predicted molar refractivity (Wildman–Crippen MR) is 69.3 cm³/mol. The third-order valence-corrected chi connectivity index (χ3v) is 2.89. The normalized spacial score (nSPS) is 18.6. The monoisotopic (exact) mass is 284 g/mol. The fraction of sp³-hybridized carbons (Fsp3) is 0.692. The van der Waals surface area contributed by atoms with Gasteiger partial charge >= 0.3 is 6.09 Å². The number of carbonyl (C=O) groups excluding carboxylic acids is 1. The average molecular weight is 284 g/mol. The third-order valence-electron chi connectivity index (χ3n) is 2.89. The van der Waals surface area contributed by atoms with Crippen LogP contribution < -0.4 is 4.74 Å². The van der Waals surface area contributed by atoms with Crippen LogP contribution in [0.3, 0.4) is 0 Å². The number of rotatable bonds is 4. The Hall–Kier alpha value is -1.76. The quantitative estimate of drug-likeness (QED) is 0.903. The molecule has 1 aromatic rings. The van der Waals surface area contributed by atoms with Crippen LogP contribution >= 0.6 is 0 Å². The Morgan fingerprint density at radius 2 is 2.35 bits per heavy atom. The Kier molecular flexibility index (Phi) is 4.17. The summed E-state index contributed by atoms with van der Waals surface area (Å²) in [6.45, 7) is 6.29. The lowest BCUT2D eigenvalue weighted by atomic mass is 10.1. The smallest absolute Gasteiger partial charge is 0.410 e. The lowest BCUT2D eigenvalue weighted by Gasteiger charge is -2.40. The van der Waals surface area contributed by atoms with Gasteiger partial charge in [-0.3, -0.25) is 0 Å². The zero-order valence-corrected chi connectivity index (χ0v) is 12.0. The first-order valence-corrected chi connectivity index (χ1v) is 6.58. The summed E-state index contributed by atoms with van der Waals surface area (Å²) in [7, 11) is 0. The molecule has 1 fully saturated rings. The summed E-state index contributed by atoms with van der Waals surface area (Å²) in [5.74, 6) is 0.655. The van der Waals surface area contributed by atoms with Gasteiger partial charge in [-0.15, -0.1) is 0 Å². The topological polar surface area (TPSA) is 85.0 Å². The van der Waals surface area contributed by atoms with Crippen LogP contribution in [0.1, 0.15) is 33.0 Å². The van der Waals surface area contributed by atoms with Gasteiger partial charge in [0.25, 0.3) is 5.88 Å². The molecule has 0 bridgehead atoms. The summed E-state index contributed by atoms with van der Waals surface area (Å²) < 4.78 is 15.6. The number of aliphatic hydroxyl groups excluding tert-OH is 1. The molecule has 1 atom stereocenters. The van der Waals surface area contributed by atoms with Crippen molar-refractivity contribution < 1.29 is 23.9 Å². The molecule has 0 aliphatic carbocycles. The van der Waals surface area contributed by atoms with Crippen molar-refractivity contribution in [1.29, 1.82) is 0 Å². The van der Waals surface area contributed by atoms with Gasteiger partial charge in [0.1, 0.15) is 18.8 Å². The first-order valence-electron chi connectivity index (χ1n) is 6.58. The molecule has 0 spiro atoms. The van der Waals surface area contributed by atoms with Gasteiger partial charge in [0.2, 0.25) is 0 Å². The molecule has 1 aliphatic heterocycles. The molecule has 1 N–H and O–H groups in total. The number of carbonyl (C=O) groups is 1. The van der Waals surface area contributed by atoms with Crippen molar-refractivity contribution >= 4 is 6.09 Å². The molecule has 1 aromatic heterocycles. The van der Waals surface area contributed by atoms with Crippen molar-refractivity contribution in [1.82, 2.24) is 10.1 Å². The first-order chi connectivity index (χ1) is 9.39. The van der Waals surface area contributed by atoms with Crippen LogP contribution in [-0.4, -0.2) is 46.1 Å². The molecule has 7 nitrogen and oxygen atoms in total. The van der Waals surface area contributed by atoms with Gasteiger partial charge in [0.05, 0.1) is 6.04 Å². The molecule has 112 valence electrons. The number of aromatic nitrogens is 1. The van der Waals surface area contributed by atoms with Gasteiger partial charge < -0.3 is 24.0 Å². The lowest BCUT2D eigenvalue weighted by molar-refractivity contribution is -0.0147. The molecule has 0 unspecified atom stereocenters. The molecule has 1 saturated heterocycles. The molecule has 0 saturated carbocycles. The highest BCUT2D eigenvalue weighted by Gasteiger charge is 2.35. The van der Waals surface area contributed by atoms with E-state index in [1.54, 1.807) is 4.90 Å². The van der Waals surface area contributed by atoms with Gasteiger partial charge in [-0.25, -0.2) is 4.79 Å². The predicted octanol–water partition coefficient (Wildman–Crippen LogP) is 1.56. The van der Waals surface area contributed by atoms with Gasteiger partial charge in [-0.2, -0.15) is 0 Å². The highest BCUT2D eigenvalue weighted by Crippen LogP contribution is 2.22. The second-order valence-corrected chi connectivity index (χ2v) is 5.72. The molecule has 7 heteroatoms. The summed E-state index contributed by atoms with van der Waals surface area (Å²) >= 11 is 0. The number of nitrogens with zero attached hydrogens (tertiary/aromatic N) is 2. The summed E-state index contributed by atoms with van der Waals surface area (Å²) in [6, 6.07) is 1.51. The Morgan fingerprint density at radius 3 is 2.85 bits per heavy atom. The second-order valence-electron chi connectivity index (χ2n) is 5.72. The molecule has 20 heavy (non-hydrogen) atoms. The van der Waals surface area contributed by atoms with Crippen LogP contribution in [0.4, 0.5) is 4.79 Å². The van der Waals surface area contributed by atoms with E-state index in [-0.39, 0.29) is 18.7 Å². The zero-order valence-electron chi connectivity index (χ0n) is 12.0. The largest absolute Gasteiger partial charge is 0.473 e. The van der Waals surface area contributed by atoms with Gasteiger partial charge in [0, 0.05) is 12.6 Å². The highest BCUT2D eigenvalue weighted by atomic mass is 16.6. The Balaban J connectivity index is 1.80. The van der Waals surface area contributed by atoms with E-state index in [0.29, 0.717) is 24.8 Å². The van der Waals surface area contributed by atoms with Gasteiger partial charge in [0.15, 0.2) is 5.76 Å². The molecule has 1 amide bonds. The van der Waals surface area contributed by atoms with Crippen LogP contribution in [0.5, 0.6) is 5.88 Å². The summed E-state index contributed by atoms with van der Waals surface area (Å²) in [6.07, 6.45) is 0.540. The summed E-state index contributed by atoms with van der Waals surface area (Å²) in [5, 5.41) is 12.5. The van der Waals surface area contributed by atoms with Crippen LogP contribution in [0, 0.1) is 0 Å². The Morgan fingerprint density at radius 1 is 1.60 bits per heavy atom. The minimum Gasteiger partial charge on any atom is -0.473 e. The number of hydrogen-bond donors (Lipinski definition) is 1. The SMILES string of the molecule is CC(C)(C)OC(=O)N1CC[C@H]1COc1cc(CO)on1. The lowest BCUT2D eigenvalue weighted by Crippen LogP contribution is -2.55. The third kappa shape index (κ3) is 3.63. The van der Waals surface area contributed by atoms with Crippen molar-refractivity contribution in [3.8, 4) is 5.88 Å². The molecule has 2 heterocycles. The van der Waals surface area contributed by atoms with Crippen molar-refractivity contribution in [2.75, 3.05) is 13.2 Å². The van der Waals surface area contributed by atoms with Crippen LogP contribution in [-0.2, 0) is 11.3 Å². The van der Waals surface area contributed by atoms with Crippen molar-refractivity contribution in [2.24, 2.45) is 0 Å². The van der Waals surface area contributed by atoms with E-state index >= 15 is 0 Å². The first kappa shape index (κ1) is 14.6. The van der Waals surface area contributed by atoms with Gasteiger partial charge in [-0.1, -0.05) is 0 Å². The molecular weight excluding hydrogens is 264 g/mol. The number of aliphatic hydroxyl groups is 1. The fourth-order valence-electron chi connectivity index (χ4n) is 1.79. The number of hydrogen-bond acceptors (Lipinski definition) is 6. The summed E-state index contributed by atoms with van der Waals surface area (Å²) in [5.41, 5.74) is -0.500. The zero-order chi connectivity index (χ0) is 14.8. The fourth-order valence-corrected chi connectivity index (χ4v) is 1.79. The van der Waals surface area contributed by atoms with E-state index in [4.69, 9.17) is 19.1 Å². The standard InChI is InChI=1S/C13H20N2O5/c1-13(2,3)19-12(17)15-5-4-9(15)8-18-11-6-10(7-16)20-14-11/h6,9,16H,4-5,7-8H2,1-3H3/t9-/m0/s1. The Bertz CT molecular complexity index is 466. The maximum atomic E-state index is 11.9. The molecular formula is C13H20N2O5. The van der Waals surface area contributed by atoms with Crippen molar-refractivity contribution in [2.45, 2.75) is 45.4 Å². The number of ether oxygens (including phenoxy) is 2. The van der Waals surface area contributed by atoms with Crippen molar-refractivity contribution in [3.63, 3.8) is 0 Å². The van der Waals surface area contributed by atoms with E-state index in [2.05, 4.69) is 5.16 Å². The minimum atomic E-state index is -0.500. The second kappa shape index (κ2) is 5.70. The average Bonchev–Trinajstić information content (AvgIpc) is 2.73. The molecule has 0 radical (unpaired) electrons. The summed E-state index contributed by atoms with van der Waals surface area (Å²) in [4.78, 5) is 13.5. The Labute approximate surface area is 117 Å². The van der Waals surface area contributed by atoms with Crippen LogP contribution in [0.25, 0.3) is 0 Å². The van der Waals surface area contributed by atoms with E-state index < -0.39 is 5.60 Å². The van der Waals surface area contributed by atoms with E-state index in [9.17, 15) is 4.79 Å². The highest BCUT2D eigenvalue weighted by molar-refractivity contribution is 5.69. The molecule has 0 aromatic carbocycles.